The van der Waals surface area contributed by atoms with Crippen LogP contribution in [0, 0.1) is 0 Å². The van der Waals surface area contributed by atoms with Crippen molar-refractivity contribution in [1.82, 2.24) is 14.8 Å². The van der Waals surface area contributed by atoms with Crippen LogP contribution in [0.25, 0.3) is 11.3 Å². The Morgan fingerprint density at radius 3 is 2.48 bits per heavy atom. The van der Waals surface area contributed by atoms with Crippen molar-refractivity contribution in [1.29, 1.82) is 0 Å². The molecular formula is C16H14N4O. The van der Waals surface area contributed by atoms with Crippen molar-refractivity contribution in [2.75, 3.05) is 5.32 Å². The zero-order valence-electron chi connectivity index (χ0n) is 11.5. The number of carbonyl (C=O) groups is 1. The summed E-state index contributed by atoms with van der Waals surface area (Å²) in [6.45, 7) is 0. The average molecular weight is 278 g/mol. The van der Waals surface area contributed by atoms with Crippen molar-refractivity contribution in [2.45, 2.75) is 0 Å². The van der Waals surface area contributed by atoms with E-state index in [2.05, 4.69) is 15.4 Å². The molecule has 104 valence electrons. The normalized spacial score (nSPS) is 10.3. The average Bonchev–Trinajstić information content (AvgIpc) is 2.93. The molecule has 1 aromatic carbocycles. The molecule has 0 unspecified atom stereocenters. The van der Waals surface area contributed by atoms with Gasteiger partial charge >= 0.3 is 0 Å². The van der Waals surface area contributed by atoms with E-state index in [0.29, 0.717) is 11.4 Å². The van der Waals surface area contributed by atoms with Gasteiger partial charge in [-0.2, -0.15) is 5.10 Å². The molecule has 0 saturated heterocycles. The third-order valence-corrected chi connectivity index (χ3v) is 3.17. The molecule has 0 radical (unpaired) electrons. The molecule has 5 nitrogen and oxygen atoms in total. The van der Waals surface area contributed by atoms with E-state index >= 15 is 0 Å². The zero-order valence-corrected chi connectivity index (χ0v) is 11.5. The molecule has 1 N–H and O–H groups in total. The van der Waals surface area contributed by atoms with Crippen LogP contribution in [-0.4, -0.2) is 20.7 Å². The van der Waals surface area contributed by atoms with Gasteiger partial charge in [-0.1, -0.05) is 18.2 Å². The lowest BCUT2D eigenvalue weighted by Gasteiger charge is -2.06. The van der Waals surface area contributed by atoms with Gasteiger partial charge in [0.05, 0.1) is 11.9 Å². The molecule has 0 spiro atoms. The molecule has 0 aliphatic heterocycles. The molecule has 0 aliphatic carbocycles. The number of pyridine rings is 1. The lowest BCUT2D eigenvalue weighted by Crippen LogP contribution is -2.14. The topological polar surface area (TPSA) is 59.8 Å². The first-order valence-corrected chi connectivity index (χ1v) is 6.55. The fraction of sp³-hybridized carbons (Fsp3) is 0.0625. The second kappa shape index (κ2) is 5.58. The third-order valence-electron chi connectivity index (χ3n) is 3.17. The summed E-state index contributed by atoms with van der Waals surface area (Å²) < 4.78 is 1.61. The summed E-state index contributed by atoms with van der Waals surface area (Å²) in [5, 5.41) is 6.82. The molecule has 5 heteroatoms. The predicted octanol–water partition coefficient (Wildman–Crippen LogP) is 2.73. The Labute approximate surface area is 122 Å². The van der Waals surface area contributed by atoms with E-state index in [-0.39, 0.29) is 5.91 Å². The van der Waals surface area contributed by atoms with E-state index in [9.17, 15) is 4.79 Å². The van der Waals surface area contributed by atoms with Crippen LogP contribution in [0.3, 0.4) is 0 Å². The zero-order chi connectivity index (χ0) is 14.7. The molecule has 3 rings (SSSR count). The van der Waals surface area contributed by atoms with Crippen LogP contribution >= 0.6 is 0 Å². The van der Waals surface area contributed by atoms with Gasteiger partial charge in [0.25, 0.3) is 5.91 Å². The minimum Gasteiger partial charge on any atom is -0.307 e. The standard InChI is InChI=1S/C16H14N4O/c1-20-15(9-11-18-20)19-16(21)13-7-5-12(6-8-13)14-4-2-3-10-17-14/h2-11H,1H3,(H,19,21). The summed E-state index contributed by atoms with van der Waals surface area (Å²) in [7, 11) is 1.78. The van der Waals surface area contributed by atoms with Crippen LogP contribution in [0.4, 0.5) is 5.82 Å². The Morgan fingerprint density at radius 2 is 1.86 bits per heavy atom. The minimum atomic E-state index is -0.161. The summed E-state index contributed by atoms with van der Waals surface area (Å²) >= 11 is 0. The van der Waals surface area contributed by atoms with Crippen LogP contribution in [0.5, 0.6) is 0 Å². The van der Waals surface area contributed by atoms with E-state index in [0.717, 1.165) is 11.3 Å². The molecule has 21 heavy (non-hydrogen) atoms. The van der Waals surface area contributed by atoms with Crippen LogP contribution < -0.4 is 5.32 Å². The maximum Gasteiger partial charge on any atom is 0.256 e. The molecule has 0 saturated carbocycles. The molecule has 0 aliphatic rings. The van der Waals surface area contributed by atoms with Crippen molar-refractivity contribution >= 4 is 11.7 Å². The number of carbonyl (C=O) groups excluding carboxylic acids is 1. The Balaban J connectivity index is 1.78. The third kappa shape index (κ3) is 2.81. The van der Waals surface area contributed by atoms with Crippen LogP contribution in [-0.2, 0) is 7.05 Å². The SMILES string of the molecule is Cn1nccc1NC(=O)c1ccc(-c2ccccn2)cc1. The summed E-state index contributed by atoms with van der Waals surface area (Å²) in [4.78, 5) is 16.4. The number of amides is 1. The minimum absolute atomic E-state index is 0.161. The highest BCUT2D eigenvalue weighted by molar-refractivity contribution is 6.04. The number of aromatic nitrogens is 3. The Hall–Kier alpha value is -2.95. The second-order valence-electron chi connectivity index (χ2n) is 4.59. The van der Waals surface area contributed by atoms with Gasteiger partial charge in [-0.25, -0.2) is 0 Å². The van der Waals surface area contributed by atoms with Gasteiger partial charge in [0, 0.05) is 30.4 Å². The first kappa shape index (κ1) is 13.1. The number of rotatable bonds is 3. The van der Waals surface area contributed by atoms with Crippen LogP contribution in [0.15, 0.2) is 60.9 Å². The number of benzene rings is 1. The first-order valence-electron chi connectivity index (χ1n) is 6.55. The van der Waals surface area contributed by atoms with Gasteiger partial charge in [-0.15, -0.1) is 0 Å². The Kier molecular flexibility index (Phi) is 3.47. The summed E-state index contributed by atoms with van der Waals surface area (Å²) in [6, 6.07) is 14.8. The molecule has 0 atom stereocenters. The highest BCUT2D eigenvalue weighted by atomic mass is 16.1. The molecule has 3 aromatic rings. The molecule has 0 bridgehead atoms. The molecule has 2 aromatic heterocycles. The highest BCUT2D eigenvalue weighted by Crippen LogP contribution is 2.17. The van der Waals surface area contributed by atoms with Gasteiger partial charge in [0.1, 0.15) is 5.82 Å². The quantitative estimate of drug-likeness (QED) is 0.801. The smallest absolute Gasteiger partial charge is 0.256 e. The fourth-order valence-electron chi connectivity index (χ4n) is 2.01. The van der Waals surface area contributed by atoms with E-state index < -0.39 is 0 Å². The first-order chi connectivity index (χ1) is 10.2. The maximum absolute atomic E-state index is 12.1. The van der Waals surface area contributed by atoms with Crippen LogP contribution in [0.2, 0.25) is 0 Å². The predicted molar refractivity (Wildman–Crippen MR) is 80.8 cm³/mol. The van der Waals surface area contributed by atoms with Crippen molar-refractivity contribution in [3.63, 3.8) is 0 Å². The van der Waals surface area contributed by atoms with Crippen LogP contribution in [0.1, 0.15) is 10.4 Å². The lowest BCUT2D eigenvalue weighted by atomic mass is 10.1. The number of hydrogen-bond acceptors (Lipinski definition) is 3. The summed E-state index contributed by atoms with van der Waals surface area (Å²) in [5.74, 6) is 0.500. The number of hydrogen-bond donors (Lipinski definition) is 1. The van der Waals surface area contributed by atoms with E-state index in [4.69, 9.17) is 0 Å². The highest BCUT2D eigenvalue weighted by Gasteiger charge is 2.08. The van der Waals surface area contributed by atoms with E-state index in [1.807, 2.05) is 30.3 Å². The second-order valence-corrected chi connectivity index (χ2v) is 4.59. The van der Waals surface area contributed by atoms with E-state index in [1.54, 1.807) is 42.3 Å². The number of anilines is 1. The lowest BCUT2D eigenvalue weighted by molar-refractivity contribution is 0.102. The molecule has 2 heterocycles. The van der Waals surface area contributed by atoms with Gasteiger partial charge in [-0.05, 0) is 24.3 Å². The molecule has 0 fully saturated rings. The Morgan fingerprint density at radius 1 is 1.05 bits per heavy atom. The summed E-state index contributed by atoms with van der Waals surface area (Å²) in [6.07, 6.45) is 3.39. The van der Waals surface area contributed by atoms with Gasteiger partial charge in [0.15, 0.2) is 0 Å². The Bertz CT molecular complexity index is 747. The number of nitrogens with zero attached hydrogens (tertiary/aromatic N) is 3. The maximum atomic E-state index is 12.1. The van der Waals surface area contributed by atoms with Gasteiger partial charge in [0.2, 0.25) is 0 Å². The van der Waals surface area contributed by atoms with Crippen molar-refractivity contribution in [2.24, 2.45) is 7.05 Å². The largest absolute Gasteiger partial charge is 0.307 e. The number of nitrogens with one attached hydrogen (secondary N) is 1. The van der Waals surface area contributed by atoms with Crippen molar-refractivity contribution < 1.29 is 4.79 Å². The van der Waals surface area contributed by atoms with Crippen molar-refractivity contribution in [3.8, 4) is 11.3 Å². The number of aryl methyl sites for hydroxylation is 1. The van der Waals surface area contributed by atoms with E-state index in [1.165, 1.54) is 0 Å². The van der Waals surface area contributed by atoms with Crippen molar-refractivity contribution in [3.05, 3.63) is 66.5 Å². The molecule has 1 amide bonds. The van der Waals surface area contributed by atoms with Gasteiger partial charge in [-0.3, -0.25) is 14.5 Å². The monoisotopic (exact) mass is 278 g/mol. The van der Waals surface area contributed by atoms with Gasteiger partial charge < -0.3 is 5.32 Å². The molecular weight excluding hydrogens is 264 g/mol. The summed E-state index contributed by atoms with van der Waals surface area (Å²) in [5.41, 5.74) is 2.46. The fourth-order valence-corrected chi connectivity index (χ4v) is 2.01.